The van der Waals surface area contributed by atoms with Crippen LogP contribution in [0.3, 0.4) is 0 Å². The topological polar surface area (TPSA) is 55.1 Å². The van der Waals surface area contributed by atoms with Gasteiger partial charge in [0, 0.05) is 12.0 Å². The third-order valence-corrected chi connectivity index (χ3v) is 4.13. The highest BCUT2D eigenvalue weighted by atomic mass is 16.2. The molecule has 0 radical (unpaired) electrons. The molecule has 118 valence electrons. The fourth-order valence-corrected chi connectivity index (χ4v) is 2.25. The lowest BCUT2D eigenvalue weighted by atomic mass is 9.92. The Morgan fingerprint density at radius 2 is 1.43 bits per heavy atom. The minimum atomic E-state index is -0.179. The van der Waals surface area contributed by atoms with Crippen LogP contribution in [-0.4, -0.2) is 11.9 Å². The quantitative estimate of drug-likeness (QED) is 0.841. The Hall–Kier alpha value is -1.35. The van der Waals surface area contributed by atoms with Gasteiger partial charge < -0.3 is 11.1 Å². The summed E-state index contributed by atoms with van der Waals surface area (Å²) in [5.41, 5.74) is 8.29. The Morgan fingerprint density at radius 1 is 0.952 bits per heavy atom. The molecular formula is C18H30N2O. The van der Waals surface area contributed by atoms with Gasteiger partial charge in [0.2, 0.25) is 5.91 Å². The van der Waals surface area contributed by atoms with E-state index in [1.54, 1.807) is 0 Å². The molecule has 0 fully saturated rings. The molecule has 1 aromatic carbocycles. The predicted octanol–water partition coefficient (Wildman–Crippen LogP) is 3.61. The fourth-order valence-electron chi connectivity index (χ4n) is 2.25. The van der Waals surface area contributed by atoms with E-state index in [4.69, 9.17) is 5.73 Å². The predicted molar refractivity (Wildman–Crippen MR) is 89.1 cm³/mol. The first-order valence-corrected chi connectivity index (χ1v) is 7.89. The number of benzene rings is 1. The summed E-state index contributed by atoms with van der Waals surface area (Å²) in [6.07, 6.45) is 0. The summed E-state index contributed by atoms with van der Waals surface area (Å²) >= 11 is 0. The highest BCUT2D eigenvalue weighted by Gasteiger charge is 2.23. The summed E-state index contributed by atoms with van der Waals surface area (Å²) in [4.78, 5) is 12.3. The Morgan fingerprint density at radius 3 is 1.81 bits per heavy atom. The molecule has 1 rings (SSSR count). The number of carbonyl (C=O) groups is 1. The molecule has 0 saturated carbocycles. The first-order chi connectivity index (χ1) is 9.73. The zero-order valence-electron chi connectivity index (χ0n) is 14.2. The van der Waals surface area contributed by atoms with Crippen molar-refractivity contribution in [1.82, 2.24) is 5.32 Å². The van der Waals surface area contributed by atoms with E-state index in [0.29, 0.717) is 11.8 Å². The lowest BCUT2D eigenvalue weighted by Crippen LogP contribution is -2.41. The molecule has 0 aliphatic carbocycles. The third kappa shape index (κ3) is 4.85. The Bertz CT molecular complexity index is 449. The van der Waals surface area contributed by atoms with Gasteiger partial charge in [-0.15, -0.1) is 0 Å². The van der Waals surface area contributed by atoms with E-state index in [1.165, 1.54) is 5.56 Å². The summed E-state index contributed by atoms with van der Waals surface area (Å²) in [5, 5.41) is 3.14. The van der Waals surface area contributed by atoms with Crippen LogP contribution in [0.4, 0.5) is 0 Å². The fraction of sp³-hybridized carbons (Fsp3) is 0.611. The van der Waals surface area contributed by atoms with Gasteiger partial charge in [0.15, 0.2) is 0 Å². The SMILES string of the molecule is CC(C)c1ccc(C(NC(=O)C(C)C(C)N)C(C)C)cc1. The molecule has 3 unspecified atom stereocenters. The highest BCUT2D eigenvalue weighted by Crippen LogP contribution is 2.24. The summed E-state index contributed by atoms with van der Waals surface area (Å²) in [5.74, 6) is 0.696. The smallest absolute Gasteiger partial charge is 0.224 e. The Kier molecular flexibility index (Phi) is 6.41. The van der Waals surface area contributed by atoms with Gasteiger partial charge in [0.25, 0.3) is 0 Å². The van der Waals surface area contributed by atoms with E-state index >= 15 is 0 Å². The van der Waals surface area contributed by atoms with Gasteiger partial charge in [0.1, 0.15) is 0 Å². The number of nitrogens with one attached hydrogen (secondary N) is 1. The number of hydrogen-bond acceptors (Lipinski definition) is 2. The molecule has 1 aromatic rings. The number of rotatable bonds is 6. The first-order valence-electron chi connectivity index (χ1n) is 7.89. The third-order valence-electron chi connectivity index (χ3n) is 4.13. The molecule has 0 aliphatic heterocycles. The number of carbonyl (C=O) groups excluding carboxylic acids is 1. The van der Waals surface area contributed by atoms with Gasteiger partial charge in [-0.1, -0.05) is 58.9 Å². The van der Waals surface area contributed by atoms with E-state index in [9.17, 15) is 4.79 Å². The molecule has 0 aromatic heterocycles. The van der Waals surface area contributed by atoms with Crippen molar-refractivity contribution >= 4 is 5.91 Å². The Labute approximate surface area is 129 Å². The van der Waals surface area contributed by atoms with E-state index in [0.717, 1.165) is 5.56 Å². The molecular weight excluding hydrogens is 260 g/mol. The molecule has 0 spiro atoms. The van der Waals surface area contributed by atoms with Gasteiger partial charge in [-0.05, 0) is 29.9 Å². The van der Waals surface area contributed by atoms with Crippen molar-refractivity contribution in [2.45, 2.75) is 59.5 Å². The molecule has 3 atom stereocenters. The zero-order chi connectivity index (χ0) is 16.2. The van der Waals surface area contributed by atoms with Crippen LogP contribution in [-0.2, 0) is 4.79 Å². The molecule has 3 nitrogen and oxygen atoms in total. The van der Waals surface area contributed by atoms with Crippen LogP contribution >= 0.6 is 0 Å². The maximum atomic E-state index is 12.3. The number of amides is 1. The minimum Gasteiger partial charge on any atom is -0.349 e. The average Bonchev–Trinajstić information content (AvgIpc) is 2.43. The highest BCUT2D eigenvalue weighted by molar-refractivity contribution is 5.79. The molecule has 0 saturated heterocycles. The van der Waals surface area contributed by atoms with Crippen molar-refractivity contribution in [2.75, 3.05) is 0 Å². The number of nitrogens with two attached hydrogens (primary N) is 1. The zero-order valence-corrected chi connectivity index (χ0v) is 14.2. The molecule has 1 amide bonds. The summed E-state index contributed by atoms with van der Waals surface area (Å²) in [6.45, 7) is 12.4. The lowest BCUT2D eigenvalue weighted by Gasteiger charge is -2.26. The van der Waals surface area contributed by atoms with Gasteiger partial charge in [-0.25, -0.2) is 0 Å². The van der Waals surface area contributed by atoms with Crippen molar-refractivity contribution in [1.29, 1.82) is 0 Å². The second-order valence-corrected chi connectivity index (χ2v) is 6.70. The number of hydrogen-bond donors (Lipinski definition) is 2. The van der Waals surface area contributed by atoms with E-state index in [1.807, 2.05) is 13.8 Å². The van der Waals surface area contributed by atoms with E-state index in [-0.39, 0.29) is 23.9 Å². The van der Waals surface area contributed by atoms with Crippen LogP contribution in [0.5, 0.6) is 0 Å². The van der Waals surface area contributed by atoms with Crippen LogP contribution in [0.15, 0.2) is 24.3 Å². The second kappa shape index (κ2) is 7.60. The largest absolute Gasteiger partial charge is 0.349 e. The van der Waals surface area contributed by atoms with Crippen molar-refractivity contribution in [2.24, 2.45) is 17.6 Å². The lowest BCUT2D eigenvalue weighted by molar-refractivity contribution is -0.126. The van der Waals surface area contributed by atoms with Crippen molar-refractivity contribution in [3.8, 4) is 0 Å². The second-order valence-electron chi connectivity index (χ2n) is 6.70. The maximum Gasteiger partial charge on any atom is 0.224 e. The van der Waals surface area contributed by atoms with Crippen LogP contribution in [0.1, 0.15) is 64.6 Å². The van der Waals surface area contributed by atoms with Crippen molar-refractivity contribution < 1.29 is 4.79 Å². The van der Waals surface area contributed by atoms with Gasteiger partial charge in [-0.3, -0.25) is 4.79 Å². The molecule has 3 heteroatoms. The van der Waals surface area contributed by atoms with Crippen LogP contribution in [0.2, 0.25) is 0 Å². The standard InChI is InChI=1S/C18H30N2O/c1-11(2)15-7-9-16(10-8-15)17(12(3)4)20-18(21)13(5)14(6)19/h7-14,17H,19H2,1-6H3,(H,20,21). The summed E-state index contributed by atoms with van der Waals surface area (Å²) in [6, 6.07) is 8.43. The van der Waals surface area contributed by atoms with Crippen LogP contribution in [0.25, 0.3) is 0 Å². The van der Waals surface area contributed by atoms with Crippen molar-refractivity contribution in [3.05, 3.63) is 35.4 Å². The summed E-state index contributed by atoms with van der Waals surface area (Å²) < 4.78 is 0. The maximum absolute atomic E-state index is 12.3. The summed E-state index contributed by atoms with van der Waals surface area (Å²) in [7, 11) is 0. The van der Waals surface area contributed by atoms with Gasteiger partial charge >= 0.3 is 0 Å². The van der Waals surface area contributed by atoms with E-state index < -0.39 is 0 Å². The normalized spacial score (nSPS) is 15.9. The minimum absolute atomic E-state index is 0.0247. The van der Waals surface area contributed by atoms with Crippen LogP contribution in [0, 0.1) is 11.8 Å². The van der Waals surface area contributed by atoms with Crippen LogP contribution < -0.4 is 11.1 Å². The first kappa shape index (κ1) is 17.7. The molecule has 21 heavy (non-hydrogen) atoms. The molecule has 0 aliphatic rings. The van der Waals surface area contributed by atoms with Gasteiger partial charge in [0.05, 0.1) is 6.04 Å². The average molecular weight is 290 g/mol. The monoisotopic (exact) mass is 290 g/mol. The molecule has 3 N–H and O–H groups in total. The Balaban J connectivity index is 2.89. The molecule has 0 heterocycles. The molecule has 0 bridgehead atoms. The van der Waals surface area contributed by atoms with Crippen molar-refractivity contribution in [3.63, 3.8) is 0 Å². The van der Waals surface area contributed by atoms with E-state index in [2.05, 4.69) is 57.3 Å². The van der Waals surface area contributed by atoms with Gasteiger partial charge in [-0.2, -0.15) is 0 Å².